The van der Waals surface area contributed by atoms with Gasteiger partial charge in [-0.2, -0.15) is 0 Å². The molecule has 0 saturated carbocycles. The maximum absolute atomic E-state index is 14.0. The van der Waals surface area contributed by atoms with E-state index in [-0.39, 0.29) is 5.82 Å². The molecule has 0 aliphatic rings. The van der Waals surface area contributed by atoms with E-state index < -0.39 is 0 Å². The van der Waals surface area contributed by atoms with Gasteiger partial charge < -0.3 is 0 Å². The van der Waals surface area contributed by atoms with Crippen molar-refractivity contribution in [2.75, 3.05) is 0 Å². The lowest BCUT2D eigenvalue weighted by atomic mass is 10.0. The quantitative estimate of drug-likeness (QED) is 0.671. The van der Waals surface area contributed by atoms with Crippen molar-refractivity contribution in [2.45, 2.75) is 13.3 Å². The van der Waals surface area contributed by atoms with E-state index in [9.17, 15) is 4.39 Å². The smallest absolute Gasteiger partial charge is 0.132 e. The second-order valence-electron chi connectivity index (χ2n) is 4.14. The molecule has 0 N–H and O–H groups in total. The van der Waals surface area contributed by atoms with Crippen LogP contribution in [-0.2, 0) is 0 Å². The van der Waals surface area contributed by atoms with Crippen LogP contribution < -0.4 is 0 Å². The van der Waals surface area contributed by atoms with Gasteiger partial charge in [0.2, 0.25) is 0 Å². The van der Waals surface area contributed by atoms with Crippen LogP contribution in [0.4, 0.5) is 4.39 Å². The van der Waals surface area contributed by atoms with E-state index >= 15 is 0 Å². The van der Waals surface area contributed by atoms with Crippen LogP contribution in [0.3, 0.4) is 0 Å². The number of hydrogen-bond acceptors (Lipinski definition) is 0. The molecule has 2 rings (SSSR count). The van der Waals surface area contributed by atoms with Crippen LogP contribution in [-0.4, -0.2) is 0 Å². The number of benzene rings is 2. The highest BCUT2D eigenvalue weighted by Crippen LogP contribution is 2.22. The molecule has 2 aromatic carbocycles. The zero-order valence-corrected chi connectivity index (χ0v) is 10.9. The molecule has 1 heteroatoms. The monoisotopic (exact) mass is 250 g/mol. The molecule has 0 radical (unpaired) electrons. The van der Waals surface area contributed by atoms with Crippen LogP contribution in [0.15, 0.2) is 60.7 Å². The summed E-state index contributed by atoms with van der Waals surface area (Å²) in [6.45, 7) is 2.05. The summed E-state index contributed by atoms with van der Waals surface area (Å²) in [5, 5.41) is 0. The molecular formula is C18H15F. The summed E-state index contributed by atoms with van der Waals surface area (Å²) in [6, 6.07) is 14.6. The van der Waals surface area contributed by atoms with Crippen LogP contribution in [0, 0.1) is 17.7 Å². The fourth-order valence-electron chi connectivity index (χ4n) is 1.75. The van der Waals surface area contributed by atoms with E-state index in [0.29, 0.717) is 11.1 Å². The van der Waals surface area contributed by atoms with Crippen molar-refractivity contribution < 1.29 is 4.39 Å². The summed E-state index contributed by atoms with van der Waals surface area (Å²) in [5.41, 5.74) is 2.18. The van der Waals surface area contributed by atoms with Crippen molar-refractivity contribution in [1.29, 1.82) is 0 Å². The highest BCUT2D eigenvalue weighted by molar-refractivity contribution is 5.65. The molecule has 19 heavy (non-hydrogen) atoms. The minimum atomic E-state index is -0.238. The predicted molar refractivity (Wildman–Crippen MR) is 78.1 cm³/mol. The second-order valence-corrected chi connectivity index (χ2v) is 4.14. The first-order chi connectivity index (χ1) is 9.31. The van der Waals surface area contributed by atoms with Gasteiger partial charge in [0, 0.05) is 11.1 Å². The molecule has 0 saturated heterocycles. The van der Waals surface area contributed by atoms with Gasteiger partial charge >= 0.3 is 0 Å². The van der Waals surface area contributed by atoms with E-state index in [2.05, 4.69) is 11.8 Å². The summed E-state index contributed by atoms with van der Waals surface area (Å²) in [5.74, 6) is 5.58. The Hall–Kier alpha value is -2.33. The maximum Gasteiger partial charge on any atom is 0.132 e. The Morgan fingerprint density at radius 1 is 1.11 bits per heavy atom. The van der Waals surface area contributed by atoms with Crippen molar-refractivity contribution in [3.05, 3.63) is 72.1 Å². The molecule has 2 aromatic rings. The molecular weight excluding hydrogens is 235 g/mol. The Kier molecular flexibility index (Phi) is 4.53. The molecule has 0 aliphatic heterocycles. The van der Waals surface area contributed by atoms with Crippen LogP contribution >= 0.6 is 0 Å². The zero-order chi connectivity index (χ0) is 13.5. The van der Waals surface area contributed by atoms with E-state index in [1.807, 2.05) is 49.4 Å². The van der Waals surface area contributed by atoms with Crippen molar-refractivity contribution in [1.82, 2.24) is 0 Å². The highest BCUT2D eigenvalue weighted by atomic mass is 19.1. The largest absolute Gasteiger partial charge is 0.206 e. The average Bonchev–Trinajstić information content (AvgIpc) is 2.45. The minimum Gasteiger partial charge on any atom is -0.206 e. The Balaban J connectivity index is 2.27. The van der Waals surface area contributed by atoms with Crippen molar-refractivity contribution >= 4 is 0 Å². The zero-order valence-electron chi connectivity index (χ0n) is 10.9. The van der Waals surface area contributed by atoms with Gasteiger partial charge in [0.25, 0.3) is 0 Å². The fourth-order valence-corrected chi connectivity index (χ4v) is 1.75. The minimum absolute atomic E-state index is 0.238. The Morgan fingerprint density at radius 3 is 2.58 bits per heavy atom. The SMILES string of the molecule is CC/C=C\C#Cc1ccc(-c2ccccc2)c(F)c1. The third kappa shape index (κ3) is 3.56. The number of halogens is 1. The third-order valence-corrected chi connectivity index (χ3v) is 2.71. The maximum atomic E-state index is 14.0. The third-order valence-electron chi connectivity index (χ3n) is 2.71. The number of allylic oxidation sites excluding steroid dienone is 2. The van der Waals surface area contributed by atoms with E-state index in [0.717, 1.165) is 12.0 Å². The van der Waals surface area contributed by atoms with Gasteiger partial charge in [-0.3, -0.25) is 0 Å². The average molecular weight is 250 g/mol. The van der Waals surface area contributed by atoms with Gasteiger partial charge in [-0.05, 0) is 30.2 Å². The fraction of sp³-hybridized carbons (Fsp3) is 0.111. The molecule has 0 spiro atoms. The molecule has 0 nitrogen and oxygen atoms in total. The molecule has 0 heterocycles. The Morgan fingerprint density at radius 2 is 1.89 bits per heavy atom. The highest BCUT2D eigenvalue weighted by Gasteiger charge is 2.04. The lowest BCUT2D eigenvalue weighted by molar-refractivity contribution is 0.631. The van der Waals surface area contributed by atoms with Crippen LogP contribution in [0.5, 0.6) is 0 Å². The number of rotatable bonds is 2. The molecule has 0 aromatic heterocycles. The van der Waals surface area contributed by atoms with Gasteiger partial charge in [-0.25, -0.2) is 4.39 Å². The number of hydrogen-bond donors (Lipinski definition) is 0. The second kappa shape index (κ2) is 6.56. The Labute approximate surface area is 113 Å². The molecule has 0 atom stereocenters. The van der Waals surface area contributed by atoms with Gasteiger partial charge in [0.1, 0.15) is 5.82 Å². The normalized spacial score (nSPS) is 10.2. The van der Waals surface area contributed by atoms with Crippen molar-refractivity contribution in [3.8, 4) is 23.0 Å². The van der Waals surface area contributed by atoms with Gasteiger partial charge in [0.05, 0.1) is 0 Å². The summed E-state index contributed by atoms with van der Waals surface area (Å²) < 4.78 is 14.0. The van der Waals surface area contributed by atoms with Gasteiger partial charge in [-0.1, -0.05) is 61.2 Å². The topological polar surface area (TPSA) is 0 Å². The molecule has 0 amide bonds. The molecule has 0 bridgehead atoms. The molecule has 0 fully saturated rings. The summed E-state index contributed by atoms with van der Waals surface area (Å²) in [6.07, 6.45) is 4.72. The van der Waals surface area contributed by atoms with Crippen LogP contribution in [0.2, 0.25) is 0 Å². The standard InChI is InChI=1S/C18H15F/c1-2-3-4-6-9-15-12-13-17(18(19)14-15)16-10-7-5-8-11-16/h3-5,7-8,10-14H,2H2,1H3/b4-3-. The molecule has 94 valence electrons. The predicted octanol–water partition coefficient (Wildman–Crippen LogP) is 4.81. The van der Waals surface area contributed by atoms with E-state index in [1.165, 1.54) is 6.07 Å². The first-order valence-corrected chi connectivity index (χ1v) is 6.33. The van der Waals surface area contributed by atoms with Crippen molar-refractivity contribution in [2.24, 2.45) is 0 Å². The van der Waals surface area contributed by atoms with E-state index in [4.69, 9.17) is 0 Å². The van der Waals surface area contributed by atoms with E-state index in [1.54, 1.807) is 12.1 Å². The summed E-state index contributed by atoms with van der Waals surface area (Å²) >= 11 is 0. The van der Waals surface area contributed by atoms with Gasteiger partial charge in [-0.15, -0.1) is 0 Å². The van der Waals surface area contributed by atoms with Crippen LogP contribution in [0.1, 0.15) is 18.9 Å². The van der Waals surface area contributed by atoms with Gasteiger partial charge in [0.15, 0.2) is 0 Å². The molecule has 0 aliphatic carbocycles. The van der Waals surface area contributed by atoms with Crippen molar-refractivity contribution in [3.63, 3.8) is 0 Å². The lowest BCUT2D eigenvalue weighted by Crippen LogP contribution is -1.85. The Bertz CT molecular complexity index is 628. The van der Waals surface area contributed by atoms with Crippen LogP contribution in [0.25, 0.3) is 11.1 Å². The first kappa shape index (κ1) is 13.1. The lowest BCUT2D eigenvalue weighted by Gasteiger charge is -2.03. The first-order valence-electron chi connectivity index (χ1n) is 6.33. The summed E-state index contributed by atoms with van der Waals surface area (Å²) in [4.78, 5) is 0. The summed E-state index contributed by atoms with van der Waals surface area (Å²) in [7, 11) is 0. The molecule has 0 unspecified atom stereocenters.